The summed E-state index contributed by atoms with van der Waals surface area (Å²) in [6.07, 6.45) is 0.608. The molecule has 0 atom stereocenters. The molecule has 1 fully saturated rings. The number of hydrogen-bond donors (Lipinski definition) is 1. The third-order valence-electron chi connectivity index (χ3n) is 3.01. The van der Waals surface area contributed by atoms with Crippen LogP contribution in [0.15, 0.2) is 0 Å². The fourth-order valence-electron chi connectivity index (χ4n) is 2.07. The molecule has 16 heavy (non-hydrogen) atoms. The van der Waals surface area contributed by atoms with E-state index < -0.39 is 5.92 Å². The SMILES string of the molecule is Cc1nnc(C2CC(F)(F)C2)n1CCCN. The minimum absolute atomic E-state index is 0.103. The van der Waals surface area contributed by atoms with E-state index in [9.17, 15) is 8.78 Å². The molecule has 1 saturated carbocycles. The fraction of sp³-hybridized carbons (Fsp3) is 0.800. The summed E-state index contributed by atoms with van der Waals surface area (Å²) in [6.45, 7) is 3.13. The molecule has 1 aliphatic carbocycles. The molecular weight excluding hydrogens is 214 g/mol. The fourth-order valence-corrected chi connectivity index (χ4v) is 2.07. The van der Waals surface area contributed by atoms with Crippen molar-refractivity contribution in [2.75, 3.05) is 6.54 Å². The van der Waals surface area contributed by atoms with E-state index in [-0.39, 0.29) is 18.8 Å². The van der Waals surface area contributed by atoms with Gasteiger partial charge in [-0.2, -0.15) is 0 Å². The van der Waals surface area contributed by atoms with Crippen molar-refractivity contribution in [1.29, 1.82) is 0 Å². The summed E-state index contributed by atoms with van der Waals surface area (Å²) in [4.78, 5) is 0. The van der Waals surface area contributed by atoms with Crippen LogP contribution in [0.3, 0.4) is 0 Å². The number of nitrogens with two attached hydrogens (primary N) is 1. The van der Waals surface area contributed by atoms with Crippen molar-refractivity contribution in [3.05, 3.63) is 11.6 Å². The largest absolute Gasteiger partial charge is 0.330 e. The Morgan fingerprint density at radius 2 is 2.12 bits per heavy atom. The number of rotatable bonds is 4. The van der Waals surface area contributed by atoms with Gasteiger partial charge in [0.05, 0.1) is 0 Å². The average Bonchev–Trinajstić information content (AvgIpc) is 2.53. The molecule has 0 bridgehead atoms. The van der Waals surface area contributed by atoms with Crippen molar-refractivity contribution < 1.29 is 8.78 Å². The molecule has 0 aliphatic heterocycles. The van der Waals surface area contributed by atoms with Gasteiger partial charge in [-0.3, -0.25) is 0 Å². The molecule has 1 aromatic heterocycles. The van der Waals surface area contributed by atoms with E-state index in [1.807, 2.05) is 11.5 Å². The van der Waals surface area contributed by atoms with Gasteiger partial charge in [0.1, 0.15) is 11.6 Å². The molecule has 2 N–H and O–H groups in total. The highest BCUT2D eigenvalue weighted by Crippen LogP contribution is 2.47. The predicted octanol–water partition coefficient (Wildman–Crippen LogP) is 1.45. The number of hydrogen-bond acceptors (Lipinski definition) is 3. The molecule has 2 rings (SSSR count). The quantitative estimate of drug-likeness (QED) is 0.851. The molecule has 1 aliphatic rings. The van der Waals surface area contributed by atoms with Crippen LogP contribution in [0.2, 0.25) is 0 Å². The van der Waals surface area contributed by atoms with Crippen LogP contribution in [-0.2, 0) is 6.54 Å². The number of aryl methyl sites for hydroxylation is 1. The van der Waals surface area contributed by atoms with E-state index >= 15 is 0 Å². The molecule has 4 nitrogen and oxygen atoms in total. The molecule has 1 aromatic rings. The average molecular weight is 230 g/mol. The van der Waals surface area contributed by atoms with E-state index in [2.05, 4.69) is 10.2 Å². The van der Waals surface area contributed by atoms with Gasteiger partial charge in [0, 0.05) is 25.3 Å². The molecule has 0 amide bonds. The van der Waals surface area contributed by atoms with Crippen LogP contribution in [0, 0.1) is 6.92 Å². The second kappa shape index (κ2) is 4.08. The van der Waals surface area contributed by atoms with Gasteiger partial charge in [-0.25, -0.2) is 8.78 Å². The summed E-state index contributed by atoms with van der Waals surface area (Å²) in [5.41, 5.74) is 5.44. The Labute approximate surface area is 92.8 Å². The summed E-state index contributed by atoms with van der Waals surface area (Å²) in [7, 11) is 0. The third kappa shape index (κ3) is 2.07. The van der Waals surface area contributed by atoms with Gasteiger partial charge in [0.15, 0.2) is 0 Å². The normalized spacial score (nSPS) is 19.8. The summed E-state index contributed by atoms with van der Waals surface area (Å²) in [5, 5.41) is 7.94. The molecule has 0 radical (unpaired) electrons. The highest BCUT2D eigenvalue weighted by atomic mass is 19.3. The zero-order chi connectivity index (χ0) is 11.8. The van der Waals surface area contributed by atoms with E-state index in [1.54, 1.807) is 0 Å². The Bertz CT molecular complexity index is 367. The number of aromatic nitrogens is 3. The van der Waals surface area contributed by atoms with Crippen LogP contribution >= 0.6 is 0 Å². The van der Waals surface area contributed by atoms with Gasteiger partial charge in [-0.15, -0.1) is 10.2 Å². The van der Waals surface area contributed by atoms with Crippen LogP contribution in [0.5, 0.6) is 0 Å². The summed E-state index contributed by atoms with van der Waals surface area (Å²) < 4.78 is 27.5. The number of nitrogens with zero attached hydrogens (tertiary/aromatic N) is 3. The highest BCUT2D eigenvalue weighted by molar-refractivity contribution is 5.09. The Balaban J connectivity index is 2.09. The van der Waals surface area contributed by atoms with Gasteiger partial charge in [0.25, 0.3) is 0 Å². The highest BCUT2D eigenvalue weighted by Gasteiger charge is 2.48. The summed E-state index contributed by atoms with van der Waals surface area (Å²) in [6, 6.07) is 0. The minimum Gasteiger partial charge on any atom is -0.330 e. The molecule has 0 spiro atoms. The van der Waals surface area contributed by atoms with Crippen molar-refractivity contribution in [2.24, 2.45) is 5.73 Å². The Morgan fingerprint density at radius 3 is 2.69 bits per heavy atom. The first-order chi connectivity index (χ1) is 7.53. The zero-order valence-electron chi connectivity index (χ0n) is 9.29. The van der Waals surface area contributed by atoms with E-state index in [0.717, 1.165) is 12.2 Å². The van der Waals surface area contributed by atoms with E-state index in [1.165, 1.54) is 0 Å². The van der Waals surface area contributed by atoms with Gasteiger partial charge in [-0.1, -0.05) is 0 Å². The molecule has 6 heteroatoms. The molecule has 0 unspecified atom stereocenters. The van der Waals surface area contributed by atoms with Gasteiger partial charge >= 0.3 is 0 Å². The lowest BCUT2D eigenvalue weighted by Crippen LogP contribution is -2.35. The van der Waals surface area contributed by atoms with Crippen LogP contribution in [0.25, 0.3) is 0 Å². The molecule has 90 valence electrons. The van der Waals surface area contributed by atoms with Crippen LogP contribution in [0.4, 0.5) is 8.78 Å². The minimum atomic E-state index is -2.51. The maximum absolute atomic E-state index is 12.8. The molecular formula is C10H16F2N4. The van der Waals surface area contributed by atoms with Crippen molar-refractivity contribution in [3.63, 3.8) is 0 Å². The molecule has 0 saturated heterocycles. The first-order valence-corrected chi connectivity index (χ1v) is 5.51. The second-order valence-electron chi connectivity index (χ2n) is 4.36. The lowest BCUT2D eigenvalue weighted by atomic mass is 9.81. The van der Waals surface area contributed by atoms with Crippen LogP contribution in [0.1, 0.15) is 36.8 Å². The van der Waals surface area contributed by atoms with Crippen molar-refractivity contribution in [2.45, 2.75) is 44.6 Å². The predicted molar refractivity (Wildman–Crippen MR) is 55.4 cm³/mol. The Kier molecular flexibility index (Phi) is 2.92. The maximum atomic E-state index is 12.8. The van der Waals surface area contributed by atoms with Crippen molar-refractivity contribution >= 4 is 0 Å². The maximum Gasteiger partial charge on any atom is 0.249 e. The van der Waals surface area contributed by atoms with Crippen LogP contribution < -0.4 is 5.73 Å². The van der Waals surface area contributed by atoms with Gasteiger partial charge in [0.2, 0.25) is 5.92 Å². The standard InChI is InChI=1S/C10H16F2N4/c1-7-14-15-9(16(7)4-2-3-13)8-5-10(11,12)6-8/h8H,2-6,13H2,1H3. The second-order valence-corrected chi connectivity index (χ2v) is 4.36. The first-order valence-electron chi connectivity index (χ1n) is 5.51. The summed E-state index contributed by atoms with van der Waals surface area (Å²) >= 11 is 0. The van der Waals surface area contributed by atoms with Crippen molar-refractivity contribution in [3.8, 4) is 0 Å². The monoisotopic (exact) mass is 230 g/mol. The van der Waals surface area contributed by atoms with Crippen LogP contribution in [-0.4, -0.2) is 27.2 Å². The Morgan fingerprint density at radius 1 is 1.44 bits per heavy atom. The van der Waals surface area contributed by atoms with Crippen molar-refractivity contribution in [1.82, 2.24) is 14.8 Å². The topological polar surface area (TPSA) is 56.7 Å². The first kappa shape index (κ1) is 11.4. The van der Waals surface area contributed by atoms with Gasteiger partial charge < -0.3 is 10.3 Å². The number of halogens is 2. The lowest BCUT2D eigenvalue weighted by molar-refractivity contribution is -0.0892. The third-order valence-corrected chi connectivity index (χ3v) is 3.01. The molecule has 0 aromatic carbocycles. The molecule has 1 heterocycles. The van der Waals surface area contributed by atoms with E-state index in [0.29, 0.717) is 18.9 Å². The van der Waals surface area contributed by atoms with E-state index in [4.69, 9.17) is 5.73 Å². The zero-order valence-corrected chi connectivity index (χ0v) is 9.29. The number of alkyl halides is 2. The lowest BCUT2D eigenvalue weighted by Gasteiger charge is -2.34. The smallest absolute Gasteiger partial charge is 0.249 e. The summed E-state index contributed by atoms with van der Waals surface area (Å²) in [5.74, 6) is -1.19. The Hall–Kier alpha value is -1.04. The van der Waals surface area contributed by atoms with Gasteiger partial charge in [-0.05, 0) is 19.9 Å².